The normalized spacial score (nSPS) is 13.2. The summed E-state index contributed by atoms with van der Waals surface area (Å²) in [5, 5.41) is 0. The Balaban J connectivity index is 3.19. The highest BCUT2D eigenvalue weighted by molar-refractivity contribution is 7.90. The summed E-state index contributed by atoms with van der Waals surface area (Å²) in [4.78, 5) is 0.303. The van der Waals surface area contributed by atoms with Crippen LogP contribution in [0.1, 0.15) is 25.5 Å². The molecule has 0 heterocycles. The summed E-state index contributed by atoms with van der Waals surface area (Å²) in [6.45, 7) is 3.93. The minimum absolute atomic E-state index is 0.179. The summed E-state index contributed by atoms with van der Waals surface area (Å²) in [5.74, 6) is 5.47. The molecule has 0 aliphatic rings. The van der Waals surface area contributed by atoms with Crippen molar-refractivity contribution in [1.29, 1.82) is 0 Å². The standard InChI is InChI=1S/C12H18N2O2S/c1-9(2)7-12(14-13)10-5-4-6-11(8-10)17(3,15)16/h4-8,12,14H,13H2,1-3H3. The van der Waals surface area contributed by atoms with Gasteiger partial charge in [0.1, 0.15) is 0 Å². The number of allylic oxidation sites excluding steroid dienone is 1. The molecule has 1 rings (SSSR count). The average molecular weight is 254 g/mol. The number of rotatable bonds is 4. The van der Waals surface area contributed by atoms with E-state index in [2.05, 4.69) is 5.43 Å². The number of benzene rings is 1. The number of hydrazine groups is 1. The van der Waals surface area contributed by atoms with E-state index in [1.807, 2.05) is 26.0 Å². The zero-order chi connectivity index (χ0) is 13.1. The second-order valence-electron chi connectivity index (χ2n) is 4.23. The van der Waals surface area contributed by atoms with Crippen molar-refractivity contribution < 1.29 is 8.42 Å². The zero-order valence-electron chi connectivity index (χ0n) is 10.3. The van der Waals surface area contributed by atoms with Gasteiger partial charge in [0.05, 0.1) is 10.9 Å². The number of hydrogen-bond donors (Lipinski definition) is 2. The number of nitrogens with one attached hydrogen (secondary N) is 1. The van der Waals surface area contributed by atoms with E-state index in [-0.39, 0.29) is 6.04 Å². The lowest BCUT2D eigenvalue weighted by molar-refractivity contribution is 0.601. The highest BCUT2D eigenvalue weighted by Gasteiger charge is 2.11. The van der Waals surface area contributed by atoms with Crippen molar-refractivity contribution in [3.05, 3.63) is 41.5 Å². The molecule has 1 aromatic rings. The van der Waals surface area contributed by atoms with Crippen molar-refractivity contribution in [2.75, 3.05) is 6.26 Å². The van der Waals surface area contributed by atoms with E-state index >= 15 is 0 Å². The fourth-order valence-electron chi connectivity index (χ4n) is 1.51. The van der Waals surface area contributed by atoms with Crippen molar-refractivity contribution in [2.24, 2.45) is 5.84 Å². The molecule has 0 aliphatic heterocycles. The molecular weight excluding hydrogens is 236 g/mol. The molecule has 4 nitrogen and oxygen atoms in total. The van der Waals surface area contributed by atoms with Crippen molar-refractivity contribution in [2.45, 2.75) is 24.8 Å². The average Bonchev–Trinajstić information content (AvgIpc) is 2.24. The fourth-order valence-corrected chi connectivity index (χ4v) is 2.19. The zero-order valence-corrected chi connectivity index (χ0v) is 11.1. The van der Waals surface area contributed by atoms with Crippen LogP contribution in [-0.4, -0.2) is 14.7 Å². The molecule has 0 spiro atoms. The third-order valence-corrected chi connectivity index (χ3v) is 3.44. The molecule has 1 atom stereocenters. The summed E-state index contributed by atoms with van der Waals surface area (Å²) in [6, 6.07) is 6.60. The topological polar surface area (TPSA) is 72.2 Å². The molecule has 1 aromatic carbocycles. The Morgan fingerprint density at radius 1 is 1.41 bits per heavy atom. The van der Waals surface area contributed by atoms with Gasteiger partial charge in [-0.05, 0) is 31.5 Å². The Morgan fingerprint density at radius 2 is 2.06 bits per heavy atom. The van der Waals surface area contributed by atoms with E-state index in [4.69, 9.17) is 5.84 Å². The lowest BCUT2D eigenvalue weighted by Crippen LogP contribution is -2.26. The number of nitrogens with two attached hydrogens (primary N) is 1. The third kappa shape index (κ3) is 3.96. The van der Waals surface area contributed by atoms with Crippen molar-refractivity contribution in [3.63, 3.8) is 0 Å². The minimum Gasteiger partial charge on any atom is -0.271 e. The molecule has 0 saturated carbocycles. The van der Waals surface area contributed by atoms with Crippen molar-refractivity contribution in [1.82, 2.24) is 5.43 Å². The van der Waals surface area contributed by atoms with E-state index in [0.717, 1.165) is 11.1 Å². The van der Waals surface area contributed by atoms with E-state index in [1.165, 1.54) is 6.26 Å². The summed E-state index contributed by atoms with van der Waals surface area (Å²) >= 11 is 0. The molecule has 0 aliphatic carbocycles. The Kier molecular flexibility index (Phi) is 4.45. The van der Waals surface area contributed by atoms with Crippen LogP contribution in [0.4, 0.5) is 0 Å². The minimum atomic E-state index is -3.18. The first-order chi connectivity index (χ1) is 7.84. The highest BCUT2D eigenvalue weighted by Crippen LogP contribution is 2.19. The molecular formula is C12H18N2O2S. The number of sulfone groups is 1. The molecule has 0 radical (unpaired) electrons. The van der Waals surface area contributed by atoms with Crippen LogP contribution in [0.5, 0.6) is 0 Å². The second kappa shape index (κ2) is 5.44. The SMILES string of the molecule is CC(C)=CC(NN)c1cccc(S(C)(=O)=O)c1. The van der Waals surface area contributed by atoms with Gasteiger partial charge in [0.25, 0.3) is 0 Å². The molecule has 0 bridgehead atoms. The van der Waals surface area contributed by atoms with E-state index in [1.54, 1.807) is 18.2 Å². The predicted molar refractivity (Wildman–Crippen MR) is 69.0 cm³/mol. The lowest BCUT2D eigenvalue weighted by atomic mass is 10.1. The summed E-state index contributed by atoms with van der Waals surface area (Å²) in [6.07, 6.45) is 3.14. The maximum atomic E-state index is 11.5. The predicted octanol–water partition coefficient (Wildman–Crippen LogP) is 1.56. The van der Waals surface area contributed by atoms with Gasteiger partial charge in [0.2, 0.25) is 0 Å². The van der Waals surface area contributed by atoms with E-state index in [9.17, 15) is 8.42 Å². The van der Waals surface area contributed by atoms with Crippen LogP contribution in [0, 0.1) is 0 Å². The fraction of sp³-hybridized carbons (Fsp3) is 0.333. The van der Waals surface area contributed by atoms with Crippen LogP contribution in [0.2, 0.25) is 0 Å². The van der Waals surface area contributed by atoms with Crippen LogP contribution in [-0.2, 0) is 9.84 Å². The molecule has 0 fully saturated rings. The molecule has 0 amide bonds. The van der Waals surface area contributed by atoms with Crippen LogP contribution in [0.3, 0.4) is 0 Å². The largest absolute Gasteiger partial charge is 0.271 e. The van der Waals surface area contributed by atoms with Crippen LogP contribution in [0.15, 0.2) is 40.8 Å². The first-order valence-corrected chi connectivity index (χ1v) is 7.15. The van der Waals surface area contributed by atoms with Gasteiger partial charge >= 0.3 is 0 Å². The molecule has 0 saturated heterocycles. The Hall–Kier alpha value is -1.17. The van der Waals surface area contributed by atoms with Gasteiger partial charge in [-0.3, -0.25) is 5.84 Å². The summed E-state index contributed by atoms with van der Waals surface area (Å²) < 4.78 is 22.9. The van der Waals surface area contributed by atoms with Gasteiger partial charge in [-0.2, -0.15) is 0 Å². The monoisotopic (exact) mass is 254 g/mol. The first-order valence-electron chi connectivity index (χ1n) is 5.26. The molecule has 94 valence electrons. The first kappa shape index (κ1) is 13.9. The molecule has 17 heavy (non-hydrogen) atoms. The molecule has 0 aromatic heterocycles. The van der Waals surface area contributed by atoms with E-state index < -0.39 is 9.84 Å². The van der Waals surface area contributed by atoms with Crippen LogP contribution < -0.4 is 11.3 Å². The van der Waals surface area contributed by atoms with Gasteiger partial charge in [-0.1, -0.05) is 23.8 Å². The maximum absolute atomic E-state index is 11.5. The third-order valence-electron chi connectivity index (χ3n) is 2.32. The smallest absolute Gasteiger partial charge is 0.175 e. The van der Waals surface area contributed by atoms with Crippen molar-refractivity contribution in [3.8, 4) is 0 Å². The van der Waals surface area contributed by atoms with Gasteiger partial charge in [-0.15, -0.1) is 0 Å². The Bertz CT molecular complexity index is 517. The summed E-state index contributed by atoms with van der Waals surface area (Å²) in [7, 11) is -3.18. The van der Waals surface area contributed by atoms with E-state index in [0.29, 0.717) is 4.90 Å². The summed E-state index contributed by atoms with van der Waals surface area (Å²) in [5.41, 5.74) is 4.60. The second-order valence-corrected chi connectivity index (χ2v) is 6.25. The van der Waals surface area contributed by atoms with Gasteiger partial charge in [0.15, 0.2) is 9.84 Å². The van der Waals surface area contributed by atoms with Crippen LogP contribution in [0.25, 0.3) is 0 Å². The van der Waals surface area contributed by atoms with Gasteiger partial charge < -0.3 is 0 Å². The highest BCUT2D eigenvalue weighted by atomic mass is 32.2. The van der Waals surface area contributed by atoms with Crippen LogP contribution >= 0.6 is 0 Å². The Labute approximate surface area is 102 Å². The quantitative estimate of drug-likeness (QED) is 0.486. The molecule has 5 heteroatoms. The van der Waals surface area contributed by atoms with Crippen molar-refractivity contribution >= 4 is 9.84 Å². The number of hydrogen-bond acceptors (Lipinski definition) is 4. The molecule has 3 N–H and O–H groups in total. The maximum Gasteiger partial charge on any atom is 0.175 e. The Morgan fingerprint density at radius 3 is 2.53 bits per heavy atom. The van der Waals surface area contributed by atoms with Gasteiger partial charge in [-0.25, -0.2) is 13.8 Å². The lowest BCUT2D eigenvalue weighted by Gasteiger charge is -2.13. The van der Waals surface area contributed by atoms with Gasteiger partial charge in [0, 0.05) is 6.26 Å². The molecule has 1 unspecified atom stereocenters.